The van der Waals surface area contributed by atoms with Gasteiger partial charge in [0, 0.05) is 41.7 Å². The van der Waals surface area contributed by atoms with Crippen molar-refractivity contribution in [3.05, 3.63) is 41.5 Å². The molecule has 0 atom stereocenters. The van der Waals surface area contributed by atoms with E-state index in [1.165, 1.54) is 25.7 Å². The molecule has 2 aliphatic rings. The third-order valence-corrected chi connectivity index (χ3v) is 3.12. The highest BCUT2D eigenvalue weighted by atomic mass is 19.5. The predicted molar refractivity (Wildman–Crippen MR) is 65.0 cm³/mol. The van der Waals surface area contributed by atoms with Gasteiger partial charge in [0.05, 0.1) is 11.6 Å². The average molecular weight is 258 g/mol. The third kappa shape index (κ3) is 5.02. The van der Waals surface area contributed by atoms with Crippen molar-refractivity contribution in [3.63, 3.8) is 0 Å². The lowest BCUT2D eigenvalue weighted by molar-refractivity contribution is 0.368. The van der Waals surface area contributed by atoms with Gasteiger partial charge in [0.1, 0.15) is 0 Å². The summed E-state index contributed by atoms with van der Waals surface area (Å²) in [6.07, 6.45) is 5.64. The first-order valence-corrected chi connectivity index (χ1v) is 6.24. The number of hydrogen-bond acceptors (Lipinski definition) is 0. The monoisotopic (exact) mass is 258 g/mol. The highest BCUT2D eigenvalue weighted by molar-refractivity contribution is 6.50. The molecular formula is C13H15BF4. The summed E-state index contributed by atoms with van der Waals surface area (Å²) < 4.78 is 39.0. The largest absolute Gasteiger partial charge is 0.673 e. The smallest absolute Gasteiger partial charge is 0.418 e. The minimum Gasteiger partial charge on any atom is -0.418 e. The van der Waals surface area contributed by atoms with Gasteiger partial charge in [-0.3, -0.25) is 0 Å². The lowest BCUT2D eigenvalue weighted by Crippen LogP contribution is -2.02. The molecule has 3 rings (SSSR count). The van der Waals surface area contributed by atoms with E-state index >= 15 is 0 Å². The van der Waals surface area contributed by atoms with Crippen LogP contribution in [0.2, 0.25) is 0 Å². The fourth-order valence-corrected chi connectivity index (χ4v) is 1.96. The molecule has 18 heavy (non-hydrogen) atoms. The van der Waals surface area contributed by atoms with Crippen molar-refractivity contribution >= 4 is 7.25 Å². The lowest BCUT2D eigenvalue weighted by atomic mass is 10.1. The SMILES string of the molecule is F[B-](F)(F)F.c1cc[c+](C2CC2)cc(C2CC2)c1. The first-order chi connectivity index (χ1) is 8.43. The second-order valence-electron chi connectivity index (χ2n) is 4.91. The maximum Gasteiger partial charge on any atom is 0.673 e. The van der Waals surface area contributed by atoms with Crippen molar-refractivity contribution in [1.82, 2.24) is 0 Å². The fraction of sp³-hybridized carbons (Fsp3) is 0.462. The van der Waals surface area contributed by atoms with E-state index in [4.69, 9.17) is 0 Å². The van der Waals surface area contributed by atoms with E-state index in [1.807, 2.05) is 0 Å². The molecule has 1 aromatic carbocycles. The maximum atomic E-state index is 9.75. The van der Waals surface area contributed by atoms with Gasteiger partial charge in [0.25, 0.3) is 0 Å². The predicted octanol–water partition coefficient (Wildman–Crippen LogP) is 5.02. The van der Waals surface area contributed by atoms with Crippen molar-refractivity contribution in [1.29, 1.82) is 0 Å². The highest BCUT2D eigenvalue weighted by Gasteiger charge is 2.31. The quantitative estimate of drug-likeness (QED) is 0.396. The molecule has 5 heteroatoms. The van der Waals surface area contributed by atoms with E-state index in [2.05, 4.69) is 30.3 Å². The Balaban J connectivity index is 0.000000209. The van der Waals surface area contributed by atoms with E-state index in [1.54, 1.807) is 11.1 Å². The molecule has 2 aliphatic carbocycles. The first-order valence-electron chi connectivity index (χ1n) is 6.24. The van der Waals surface area contributed by atoms with Crippen LogP contribution in [-0.2, 0) is 0 Å². The topological polar surface area (TPSA) is 0 Å². The summed E-state index contributed by atoms with van der Waals surface area (Å²) in [5, 5.41) is 0. The zero-order chi connectivity index (χ0) is 13.2. The van der Waals surface area contributed by atoms with Crippen LogP contribution < -0.4 is 0 Å². The number of hydrogen-bond donors (Lipinski definition) is 0. The van der Waals surface area contributed by atoms with Crippen LogP contribution in [0.25, 0.3) is 0 Å². The van der Waals surface area contributed by atoms with Crippen LogP contribution in [0.3, 0.4) is 0 Å². The zero-order valence-electron chi connectivity index (χ0n) is 9.96. The maximum absolute atomic E-state index is 9.75. The van der Waals surface area contributed by atoms with Crippen molar-refractivity contribution in [2.24, 2.45) is 0 Å². The summed E-state index contributed by atoms with van der Waals surface area (Å²) in [4.78, 5) is 0. The van der Waals surface area contributed by atoms with Gasteiger partial charge >= 0.3 is 7.25 Å². The standard InChI is InChI=1S/C13H15.BF4/c1-2-4-13(11-7-8-11)9-12(3-1)10-5-6-10;2-1(3,4)5/h1-4,9-11H,5-8H2;/q+1;-1. The molecule has 0 unspecified atom stereocenters. The van der Waals surface area contributed by atoms with Gasteiger partial charge < -0.3 is 17.3 Å². The Morgan fingerprint density at radius 1 is 1.00 bits per heavy atom. The van der Waals surface area contributed by atoms with E-state index < -0.39 is 7.25 Å². The van der Waals surface area contributed by atoms with E-state index in [0.717, 1.165) is 11.8 Å². The second kappa shape index (κ2) is 5.25. The lowest BCUT2D eigenvalue weighted by Gasteiger charge is -1.94. The summed E-state index contributed by atoms with van der Waals surface area (Å²) in [5.74, 6) is 1.79. The van der Waals surface area contributed by atoms with Crippen molar-refractivity contribution < 1.29 is 17.3 Å². The molecule has 0 aromatic heterocycles. The van der Waals surface area contributed by atoms with Crippen LogP contribution in [-0.4, -0.2) is 7.25 Å². The van der Waals surface area contributed by atoms with Crippen LogP contribution >= 0.6 is 0 Å². The molecular weight excluding hydrogens is 243 g/mol. The first kappa shape index (κ1) is 13.3. The Bertz CT molecular complexity index is 376. The van der Waals surface area contributed by atoms with Gasteiger partial charge in [-0.25, -0.2) is 0 Å². The second-order valence-corrected chi connectivity index (χ2v) is 4.91. The van der Waals surface area contributed by atoms with Gasteiger partial charge in [-0.15, -0.1) is 0 Å². The third-order valence-electron chi connectivity index (χ3n) is 3.12. The molecule has 0 heterocycles. The number of rotatable bonds is 2. The van der Waals surface area contributed by atoms with E-state index in [9.17, 15) is 17.3 Å². The molecule has 98 valence electrons. The van der Waals surface area contributed by atoms with Gasteiger partial charge in [0.15, 0.2) is 0 Å². The van der Waals surface area contributed by atoms with Gasteiger partial charge in [-0.05, 0) is 25.7 Å². The summed E-state index contributed by atoms with van der Waals surface area (Å²) >= 11 is 0. The molecule has 0 aliphatic heterocycles. The molecule has 0 radical (unpaired) electrons. The van der Waals surface area contributed by atoms with E-state index in [0.29, 0.717) is 0 Å². The van der Waals surface area contributed by atoms with Crippen LogP contribution in [0.1, 0.15) is 48.6 Å². The molecule has 2 fully saturated rings. The number of halogens is 4. The Kier molecular flexibility index (Phi) is 3.88. The van der Waals surface area contributed by atoms with Crippen LogP contribution in [0.15, 0.2) is 30.3 Å². The average Bonchev–Trinajstić information content (AvgIpc) is 3.11. The Morgan fingerprint density at radius 3 is 2.11 bits per heavy atom. The minimum atomic E-state index is -6.00. The van der Waals surface area contributed by atoms with Gasteiger partial charge in [-0.1, -0.05) is 0 Å². The molecule has 0 bridgehead atoms. The normalized spacial score (nSPS) is 18.9. The van der Waals surface area contributed by atoms with Crippen LogP contribution in [0, 0.1) is 0 Å². The van der Waals surface area contributed by atoms with E-state index in [-0.39, 0.29) is 0 Å². The summed E-state index contributed by atoms with van der Waals surface area (Å²) in [5.41, 5.74) is 3.15. The minimum absolute atomic E-state index is 0.893. The van der Waals surface area contributed by atoms with Crippen molar-refractivity contribution in [2.75, 3.05) is 0 Å². The van der Waals surface area contributed by atoms with Crippen molar-refractivity contribution in [3.8, 4) is 0 Å². The Labute approximate surface area is 104 Å². The molecule has 0 spiro atoms. The summed E-state index contributed by atoms with van der Waals surface area (Å²) in [7, 11) is -6.00. The molecule has 2 saturated carbocycles. The zero-order valence-corrected chi connectivity index (χ0v) is 9.96. The molecule has 0 saturated heterocycles. The van der Waals surface area contributed by atoms with Crippen LogP contribution in [0.5, 0.6) is 0 Å². The van der Waals surface area contributed by atoms with Gasteiger partial charge in [0.2, 0.25) is 0 Å². The highest BCUT2D eigenvalue weighted by Crippen LogP contribution is 2.43. The molecule has 0 N–H and O–H groups in total. The Hall–Kier alpha value is -1.13. The summed E-state index contributed by atoms with van der Waals surface area (Å²) in [6, 6.07) is 11.4. The molecule has 0 nitrogen and oxygen atoms in total. The molecule has 0 amide bonds. The van der Waals surface area contributed by atoms with Crippen molar-refractivity contribution in [2.45, 2.75) is 37.5 Å². The summed E-state index contributed by atoms with van der Waals surface area (Å²) in [6.45, 7) is 0. The Morgan fingerprint density at radius 2 is 1.61 bits per heavy atom. The van der Waals surface area contributed by atoms with Gasteiger partial charge in [-0.2, -0.15) is 0 Å². The van der Waals surface area contributed by atoms with Crippen LogP contribution in [0.4, 0.5) is 17.3 Å². The fourth-order valence-electron chi connectivity index (χ4n) is 1.96. The molecule has 1 aromatic rings.